The molecule has 0 bridgehead atoms. The van der Waals surface area contributed by atoms with E-state index in [0.29, 0.717) is 19.1 Å². The third-order valence-corrected chi connectivity index (χ3v) is 3.82. The highest BCUT2D eigenvalue weighted by Crippen LogP contribution is 2.34. The van der Waals surface area contributed by atoms with Gasteiger partial charge in [-0.3, -0.25) is 0 Å². The fraction of sp³-hybridized carbons (Fsp3) is 0.727. The van der Waals surface area contributed by atoms with Crippen LogP contribution in [0.25, 0.3) is 0 Å². The van der Waals surface area contributed by atoms with Crippen molar-refractivity contribution in [2.45, 2.75) is 25.7 Å². The van der Waals surface area contributed by atoms with Crippen molar-refractivity contribution in [3.8, 4) is 0 Å². The van der Waals surface area contributed by atoms with E-state index in [-0.39, 0.29) is 12.0 Å². The van der Waals surface area contributed by atoms with Crippen LogP contribution in [0, 0.1) is 5.92 Å². The second-order valence-corrected chi connectivity index (χ2v) is 5.53. The van der Waals surface area contributed by atoms with E-state index in [4.69, 9.17) is 4.74 Å². The van der Waals surface area contributed by atoms with E-state index in [1.165, 1.54) is 0 Å². The van der Waals surface area contributed by atoms with Gasteiger partial charge in [0.05, 0.1) is 30.9 Å². The van der Waals surface area contributed by atoms with E-state index in [0.717, 1.165) is 17.1 Å². The van der Waals surface area contributed by atoms with Crippen molar-refractivity contribution in [1.29, 1.82) is 0 Å². The van der Waals surface area contributed by atoms with Crippen LogP contribution in [0.1, 0.15) is 24.5 Å². The lowest BCUT2D eigenvalue weighted by molar-refractivity contribution is -0.0842. The number of nitrogens with zero attached hydrogens (tertiary/aromatic N) is 1. The van der Waals surface area contributed by atoms with E-state index in [1.54, 1.807) is 11.3 Å². The molecule has 0 aromatic carbocycles. The van der Waals surface area contributed by atoms with Gasteiger partial charge in [0.1, 0.15) is 5.01 Å². The molecule has 84 valence electrons. The first-order valence-electron chi connectivity index (χ1n) is 5.30. The summed E-state index contributed by atoms with van der Waals surface area (Å²) < 4.78 is 5.18. The van der Waals surface area contributed by atoms with Gasteiger partial charge in [-0.25, -0.2) is 4.98 Å². The standard InChI is InChI=1S/C11H17NO2S/c1-8(2)3-9-4-15-10(12-9)11(5-13)6-14-7-11/h4,8,13H,3,5-7H2,1-2H3. The quantitative estimate of drug-likeness (QED) is 0.849. The van der Waals surface area contributed by atoms with Crippen molar-refractivity contribution in [1.82, 2.24) is 4.98 Å². The van der Waals surface area contributed by atoms with Crippen LogP contribution in [0.2, 0.25) is 0 Å². The highest BCUT2D eigenvalue weighted by molar-refractivity contribution is 7.09. The maximum Gasteiger partial charge on any atom is 0.106 e. The van der Waals surface area contributed by atoms with E-state index >= 15 is 0 Å². The van der Waals surface area contributed by atoms with Gasteiger partial charge in [0.25, 0.3) is 0 Å². The van der Waals surface area contributed by atoms with Gasteiger partial charge in [0.15, 0.2) is 0 Å². The van der Waals surface area contributed by atoms with Gasteiger partial charge >= 0.3 is 0 Å². The summed E-state index contributed by atoms with van der Waals surface area (Å²) in [6.07, 6.45) is 1.01. The van der Waals surface area contributed by atoms with Crippen LogP contribution in [0.4, 0.5) is 0 Å². The largest absolute Gasteiger partial charge is 0.395 e. The number of thiazole rings is 1. The summed E-state index contributed by atoms with van der Waals surface area (Å²) in [6, 6.07) is 0. The molecule has 1 aliphatic rings. The lowest BCUT2D eigenvalue weighted by Gasteiger charge is -2.37. The number of hydrogen-bond acceptors (Lipinski definition) is 4. The minimum atomic E-state index is -0.195. The predicted octanol–water partition coefficient (Wildman–Crippen LogP) is 1.60. The average molecular weight is 227 g/mol. The summed E-state index contributed by atoms with van der Waals surface area (Å²) in [7, 11) is 0. The number of aliphatic hydroxyl groups is 1. The van der Waals surface area contributed by atoms with E-state index in [1.807, 2.05) is 0 Å². The molecule has 1 aliphatic heterocycles. The third-order valence-electron chi connectivity index (χ3n) is 2.68. The normalized spacial score (nSPS) is 19.2. The molecule has 1 saturated heterocycles. The zero-order chi connectivity index (χ0) is 10.9. The van der Waals surface area contributed by atoms with Crippen LogP contribution >= 0.6 is 11.3 Å². The van der Waals surface area contributed by atoms with Gasteiger partial charge in [-0.2, -0.15) is 0 Å². The summed E-state index contributed by atoms with van der Waals surface area (Å²) >= 11 is 1.65. The minimum Gasteiger partial charge on any atom is -0.395 e. The molecule has 1 aromatic rings. The molecule has 15 heavy (non-hydrogen) atoms. The highest BCUT2D eigenvalue weighted by Gasteiger charge is 2.42. The Morgan fingerprint density at radius 2 is 2.33 bits per heavy atom. The summed E-state index contributed by atoms with van der Waals surface area (Å²) in [6.45, 7) is 5.73. The molecule has 0 aliphatic carbocycles. The SMILES string of the molecule is CC(C)Cc1csc(C2(CO)COC2)n1. The molecule has 0 saturated carbocycles. The summed E-state index contributed by atoms with van der Waals surface area (Å²) in [4.78, 5) is 4.59. The summed E-state index contributed by atoms with van der Waals surface area (Å²) in [5.41, 5.74) is 0.949. The highest BCUT2D eigenvalue weighted by atomic mass is 32.1. The fourth-order valence-electron chi connectivity index (χ4n) is 1.69. The second-order valence-electron chi connectivity index (χ2n) is 4.67. The summed E-state index contributed by atoms with van der Waals surface area (Å²) in [5, 5.41) is 12.5. The smallest absolute Gasteiger partial charge is 0.106 e. The molecule has 1 N–H and O–H groups in total. The van der Waals surface area contributed by atoms with Crippen LogP contribution in [-0.2, 0) is 16.6 Å². The predicted molar refractivity (Wildman–Crippen MR) is 60.2 cm³/mol. The topological polar surface area (TPSA) is 42.4 Å². The Bertz CT molecular complexity index is 326. The number of rotatable bonds is 4. The van der Waals surface area contributed by atoms with Crippen LogP contribution in [0.15, 0.2) is 5.38 Å². The van der Waals surface area contributed by atoms with Gasteiger partial charge in [-0.15, -0.1) is 11.3 Å². The van der Waals surface area contributed by atoms with Crippen molar-refractivity contribution in [3.05, 3.63) is 16.1 Å². The lowest BCUT2D eigenvalue weighted by Crippen LogP contribution is -2.49. The first-order valence-corrected chi connectivity index (χ1v) is 6.18. The van der Waals surface area contributed by atoms with Crippen LogP contribution in [0.3, 0.4) is 0 Å². The Hall–Kier alpha value is -0.450. The average Bonchev–Trinajstić information content (AvgIpc) is 2.51. The Labute approximate surface area is 94.1 Å². The first kappa shape index (κ1) is 11.0. The Morgan fingerprint density at radius 1 is 1.60 bits per heavy atom. The van der Waals surface area contributed by atoms with Crippen molar-refractivity contribution < 1.29 is 9.84 Å². The van der Waals surface area contributed by atoms with E-state index < -0.39 is 0 Å². The maximum atomic E-state index is 9.37. The minimum absolute atomic E-state index is 0.141. The van der Waals surface area contributed by atoms with Crippen LogP contribution in [-0.4, -0.2) is 29.9 Å². The molecule has 1 fully saturated rings. The fourth-order valence-corrected chi connectivity index (χ4v) is 2.69. The molecule has 0 atom stereocenters. The number of aromatic nitrogens is 1. The van der Waals surface area contributed by atoms with Crippen molar-refractivity contribution in [3.63, 3.8) is 0 Å². The van der Waals surface area contributed by atoms with Crippen LogP contribution < -0.4 is 0 Å². The molecule has 0 amide bonds. The third kappa shape index (κ3) is 2.07. The molecular weight excluding hydrogens is 210 g/mol. The number of hydrogen-bond donors (Lipinski definition) is 1. The molecule has 3 nitrogen and oxygen atoms in total. The van der Waals surface area contributed by atoms with Crippen molar-refractivity contribution >= 4 is 11.3 Å². The molecule has 1 aromatic heterocycles. The lowest BCUT2D eigenvalue weighted by atomic mass is 9.88. The number of ether oxygens (including phenoxy) is 1. The van der Waals surface area contributed by atoms with Gasteiger partial charge in [0.2, 0.25) is 0 Å². The van der Waals surface area contributed by atoms with Gasteiger partial charge in [0, 0.05) is 5.38 Å². The molecule has 2 heterocycles. The monoisotopic (exact) mass is 227 g/mol. The first-order chi connectivity index (χ1) is 7.16. The zero-order valence-corrected chi connectivity index (χ0v) is 10.0. The molecule has 2 rings (SSSR count). The van der Waals surface area contributed by atoms with Crippen LogP contribution in [0.5, 0.6) is 0 Å². The Morgan fingerprint density at radius 3 is 2.80 bits per heavy atom. The van der Waals surface area contributed by atoms with Gasteiger partial charge in [-0.1, -0.05) is 13.8 Å². The molecule has 0 unspecified atom stereocenters. The maximum absolute atomic E-state index is 9.37. The number of aliphatic hydroxyl groups excluding tert-OH is 1. The Balaban J connectivity index is 2.12. The Kier molecular flexibility index (Phi) is 3.09. The molecule has 0 spiro atoms. The molecular formula is C11H17NO2S. The van der Waals surface area contributed by atoms with Gasteiger partial charge in [-0.05, 0) is 12.3 Å². The second kappa shape index (κ2) is 4.20. The van der Waals surface area contributed by atoms with Crippen molar-refractivity contribution in [2.75, 3.05) is 19.8 Å². The molecule has 0 radical (unpaired) electrons. The van der Waals surface area contributed by atoms with E-state index in [9.17, 15) is 5.11 Å². The molecule has 4 heteroatoms. The summed E-state index contributed by atoms with van der Waals surface area (Å²) in [5.74, 6) is 0.627. The zero-order valence-electron chi connectivity index (χ0n) is 9.19. The van der Waals surface area contributed by atoms with Crippen molar-refractivity contribution in [2.24, 2.45) is 5.92 Å². The van der Waals surface area contributed by atoms with Gasteiger partial charge < -0.3 is 9.84 Å². The van der Waals surface area contributed by atoms with E-state index in [2.05, 4.69) is 24.2 Å².